The van der Waals surface area contributed by atoms with Crippen LogP contribution in [0.1, 0.15) is 29.9 Å². The van der Waals surface area contributed by atoms with Crippen LogP contribution in [0.5, 0.6) is 0 Å². The normalized spacial score (nSPS) is 17.3. The molecule has 0 atom stereocenters. The van der Waals surface area contributed by atoms with Gasteiger partial charge in [-0.25, -0.2) is 0 Å². The van der Waals surface area contributed by atoms with Crippen molar-refractivity contribution in [1.82, 2.24) is 15.3 Å². The van der Waals surface area contributed by atoms with Gasteiger partial charge in [-0.3, -0.25) is 0 Å². The highest BCUT2D eigenvalue weighted by molar-refractivity contribution is 5.45. The van der Waals surface area contributed by atoms with Crippen LogP contribution in [0.4, 0.5) is 0 Å². The minimum Gasteiger partial charge on any atom is -0.381 e. The highest BCUT2D eigenvalue weighted by Crippen LogP contribution is 2.40. The second-order valence-corrected chi connectivity index (χ2v) is 5.82. The fourth-order valence-electron chi connectivity index (χ4n) is 3.10. The number of benzene rings is 1. The van der Waals surface area contributed by atoms with E-state index in [1.807, 2.05) is 25.1 Å². The Bertz CT molecular complexity index is 788. The van der Waals surface area contributed by atoms with Crippen molar-refractivity contribution in [3.63, 3.8) is 0 Å². The molecule has 0 spiro atoms. The van der Waals surface area contributed by atoms with Crippen molar-refractivity contribution < 1.29 is 13.8 Å². The van der Waals surface area contributed by atoms with E-state index >= 15 is 0 Å². The van der Waals surface area contributed by atoms with Gasteiger partial charge in [0.2, 0.25) is 5.76 Å². The Kier molecular flexibility index (Phi) is 3.46. The molecule has 0 N–H and O–H groups in total. The molecule has 1 aliphatic rings. The van der Waals surface area contributed by atoms with Gasteiger partial charge in [-0.15, -0.1) is 0 Å². The zero-order valence-electron chi connectivity index (χ0n) is 12.9. The Morgan fingerprint density at radius 1 is 1.00 bits per heavy atom. The molecule has 0 amide bonds. The molecule has 118 valence electrons. The maximum absolute atomic E-state index is 5.55. The van der Waals surface area contributed by atoms with Gasteiger partial charge < -0.3 is 13.8 Å². The van der Waals surface area contributed by atoms with Gasteiger partial charge in [0.25, 0.3) is 5.89 Å². The van der Waals surface area contributed by atoms with E-state index in [1.54, 1.807) is 6.07 Å². The third-order valence-corrected chi connectivity index (χ3v) is 4.37. The molecule has 0 aliphatic carbocycles. The van der Waals surface area contributed by atoms with Crippen molar-refractivity contribution in [2.75, 3.05) is 13.2 Å². The fraction of sp³-hybridized carbons (Fsp3) is 0.353. The highest BCUT2D eigenvalue weighted by Gasteiger charge is 2.40. The zero-order chi connectivity index (χ0) is 15.7. The monoisotopic (exact) mass is 311 g/mol. The van der Waals surface area contributed by atoms with Crippen LogP contribution < -0.4 is 0 Å². The van der Waals surface area contributed by atoms with Crippen LogP contribution in [-0.4, -0.2) is 28.5 Å². The number of rotatable bonds is 3. The third-order valence-electron chi connectivity index (χ3n) is 4.37. The maximum atomic E-state index is 5.55. The summed E-state index contributed by atoms with van der Waals surface area (Å²) in [5.74, 6) is 1.54. The number of aromatic nitrogens is 3. The van der Waals surface area contributed by atoms with Crippen molar-refractivity contribution in [2.45, 2.75) is 25.2 Å². The molecule has 1 aromatic carbocycles. The van der Waals surface area contributed by atoms with Crippen LogP contribution >= 0.6 is 0 Å². The molecular formula is C17H17N3O3. The number of ether oxygens (including phenoxy) is 1. The van der Waals surface area contributed by atoms with Crippen molar-refractivity contribution in [3.05, 3.63) is 53.5 Å². The molecule has 4 rings (SSSR count). The van der Waals surface area contributed by atoms with Gasteiger partial charge in [-0.05, 0) is 25.3 Å². The van der Waals surface area contributed by atoms with Crippen LogP contribution in [-0.2, 0) is 10.2 Å². The highest BCUT2D eigenvalue weighted by atomic mass is 16.5. The molecule has 2 aromatic heterocycles. The fourth-order valence-corrected chi connectivity index (χ4v) is 3.10. The largest absolute Gasteiger partial charge is 0.381 e. The molecular weight excluding hydrogens is 294 g/mol. The van der Waals surface area contributed by atoms with Crippen LogP contribution in [0.2, 0.25) is 0 Å². The lowest BCUT2D eigenvalue weighted by atomic mass is 9.73. The van der Waals surface area contributed by atoms with E-state index in [1.165, 1.54) is 5.56 Å². The SMILES string of the molecule is Cc1cc(-c2nc(C3(c4ccccc4)CCOCC3)no2)on1. The minimum absolute atomic E-state index is 0.281. The molecule has 6 heteroatoms. The van der Waals surface area contributed by atoms with E-state index in [0.717, 1.165) is 18.5 Å². The summed E-state index contributed by atoms with van der Waals surface area (Å²) in [5, 5.41) is 8.11. The van der Waals surface area contributed by atoms with Crippen molar-refractivity contribution in [2.24, 2.45) is 0 Å². The molecule has 3 heterocycles. The molecule has 1 aliphatic heterocycles. The summed E-state index contributed by atoms with van der Waals surface area (Å²) in [4.78, 5) is 4.60. The smallest absolute Gasteiger partial charge is 0.296 e. The second-order valence-electron chi connectivity index (χ2n) is 5.82. The van der Waals surface area contributed by atoms with Crippen molar-refractivity contribution >= 4 is 0 Å². The van der Waals surface area contributed by atoms with Gasteiger partial charge in [-0.1, -0.05) is 40.6 Å². The van der Waals surface area contributed by atoms with Crippen LogP contribution in [0.15, 0.2) is 45.4 Å². The Morgan fingerprint density at radius 3 is 2.48 bits per heavy atom. The van der Waals surface area contributed by atoms with Crippen molar-refractivity contribution in [1.29, 1.82) is 0 Å². The summed E-state index contributed by atoms with van der Waals surface area (Å²) in [6.07, 6.45) is 1.65. The molecule has 23 heavy (non-hydrogen) atoms. The van der Waals surface area contributed by atoms with Gasteiger partial charge in [0.1, 0.15) is 0 Å². The van der Waals surface area contributed by atoms with Crippen LogP contribution in [0.25, 0.3) is 11.7 Å². The Labute approximate surface area is 133 Å². The van der Waals surface area contributed by atoms with E-state index < -0.39 is 0 Å². The average Bonchev–Trinajstić information content (AvgIpc) is 3.25. The lowest BCUT2D eigenvalue weighted by Crippen LogP contribution is -2.36. The van der Waals surface area contributed by atoms with E-state index in [4.69, 9.17) is 13.8 Å². The quantitative estimate of drug-likeness (QED) is 0.740. The van der Waals surface area contributed by atoms with E-state index in [2.05, 4.69) is 27.4 Å². The number of nitrogens with zero attached hydrogens (tertiary/aromatic N) is 3. The summed E-state index contributed by atoms with van der Waals surface area (Å²) in [6, 6.07) is 12.1. The first-order valence-electron chi connectivity index (χ1n) is 7.69. The Balaban J connectivity index is 1.77. The van der Waals surface area contributed by atoms with Gasteiger partial charge in [0.15, 0.2) is 5.82 Å². The predicted octanol–water partition coefficient (Wildman–Crippen LogP) is 3.13. The van der Waals surface area contributed by atoms with Gasteiger partial charge in [0, 0.05) is 19.3 Å². The molecule has 0 unspecified atom stereocenters. The molecule has 1 fully saturated rings. The van der Waals surface area contributed by atoms with Gasteiger partial charge in [-0.2, -0.15) is 4.98 Å². The van der Waals surface area contributed by atoms with Crippen LogP contribution in [0, 0.1) is 6.92 Å². The van der Waals surface area contributed by atoms with E-state index in [-0.39, 0.29) is 5.41 Å². The summed E-state index contributed by atoms with van der Waals surface area (Å²) >= 11 is 0. The first-order valence-corrected chi connectivity index (χ1v) is 7.69. The van der Waals surface area contributed by atoms with E-state index in [0.29, 0.717) is 30.7 Å². The standard InChI is InChI=1S/C17H17N3O3/c1-12-11-14(22-19-12)15-18-16(20-23-15)17(7-9-21-10-8-17)13-5-3-2-4-6-13/h2-6,11H,7-10H2,1H3. The molecule has 3 aromatic rings. The van der Waals surface area contributed by atoms with Crippen molar-refractivity contribution in [3.8, 4) is 11.7 Å². The Hall–Kier alpha value is -2.47. The topological polar surface area (TPSA) is 74.2 Å². The predicted molar refractivity (Wildman–Crippen MR) is 81.8 cm³/mol. The molecule has 0 saturated carbocycles. The first kappa shape index (κ1) is 14.1. The summed E-state index contributed by atoms with van der Waals surface area (Å²) in [6.45, 7) is 3.22. The lowest BCUT2D eigenvalue weighted by Gasteiger charge is -2.34. The summed E-state index contributed by atoms with van der Waals surface area (Å²) < 4.78 is 16.2. The second kappa shape index (κ2) is 5.62. The average molecular weight is 311 g/mol. The maximum Gasteiger partial charge on any atom is 0.296 e. The van der Waals surface area contributed by atoms with E-state index in [9.17, 15) is 0 Å². The van der Waals surface area contributed by atoms with Gasteiger partial charge >= 0.3 is 0 Å². The third kappa shape index (κ3) is 2.45. The number of aryl methyl sites for hydroxylation is 1. The molecule has 0 bridgehead atoms. The minimum atomic E-state index is -0.281. The first-order chi connectivity index (χ1) is 11.3. The number of hydrogen-bond acceptors (Lipinski definition) is 6. The van der Waals surface area contributed by atoms with Crippen LogP contribution in [0.3, 0.4) is 0 Å². The summed E-state index contributed by atoms with van der Waals surface area (Å²) in [5.41, 5.74) is 1.68. The van der Waals surface area contributed by atoms with Gasteiger partial charge in [0.05, 0.1) is 11.1 Å². The molecule has 0 radical (unpaired) electrons. The molecule has 6 nitrogen and oxygen atoms in total. The molecule has 1 saturated heterocycles. The number of hydrogen-bond donors (Lipinski definition) is 0. The zero-order valence-corrected chi connectivity index (χ0v) is 12.9. The Morgan fingerprint density at radius 2 is 1.78 bits per heavy atom. The lowest BCUT2D eigenvalue weighted by molar-refractivity contribution is 0.0597. The summed E-state index contributed by atoms with van der Waals surface area (Å²) in [7, 11) is 0.